The molecule has 2 amide bonds. The first-order valence-electron chi connectivity index (χ1n) is 11.7. The molecule has 3 aliphatic rings. The number of carboxylic acids is 1. The Kier molecular flexibility index (Phi) is 8.62. The summed E-state index contributed by atoms with van der Waals surface area (Å²) in [5.74, 6) is -0.898. The van der Waals surface area contributed by atoms with Gasteiger partial charge in [-0.3, -0.25) is 14.5 Å². The zero-order chi connectivity index (χ0) is 23.7. The topological polar surface area (TPSA) is 106 Å². The third-order valence-corrected chi connectivity index (χ3v) is 6.95. The summed E-state index contributed by atoms with van der Waals surface area (Å²) in [4.78, 5) is 41.1. The molecule has 0 bridgehead atoms. The summed E-state index contributed by atoms with van der Waals surface area (Å²) in [6.07, 6.45) is 6.18. The molecule has 3 heterocycles. The van der Waals surface area contributed by atoms with E-state index >= 15 is 0 Å². The zero-order valence-corrected chi connectivity index (χ0v) is 19.4. The van der Waals surface area contributed by atoms with Crippen molar-refractivity contribution >= 4 is 63.8 Å². The number of aromatic amines is 1. The molecule has 0 radical (unpaired) electrons. The van der Waals surface area contributed by atoms with Crippen LogP contribution in [0.2, 0.25) is 0 Å². The average Bonchev–Trinajstić information content (AvgIpc) is 3.43. The number of H-pyrrole nitrogens is 1. The number of carboxylic acid groups (broad SMARTS) is 1. The van der Waals surface area contributed by atoms with Crippen molar-refractivity contribution in [3.63, 3.8) is 0 Å². The van der Waals surface area contributed by atoms with Crippen LogP contribution in [0.4, 0.5) is 0 Å². The van der Waals surface area contributed by atoms with Crippen molar-refractivity contribution in [2.24, 2.45) is 5.92 Å². The van der Waals surface area contributed by atoms with Crippen LogP contribution in [-0.2, 0) is 20.8 Å². The van der Waals surface area contributed by atoms with Crippen LogP contribution in [0.5, 0.6) is 0 Å². The summed E-state index contributed by atoms with van der Waals surface area (Å²) in [6.45, 7) is 6.47. The Hall–Kier alpha value is -2.13. The maximum atomic E-state index is 12.9. The van der Waals surface area contributed by atoms with Gasteiger partial charge in [-0.15, -0.1) is 0 Å². The minimum absolute atomic E-state index is 0. The van der Waals surface area contributed by atoms with Gasteiger partial charge in [0.15, 0.2) is 0 Å². The molecule has 1 aromatic heterocycles. The molecule has 1 unspecified atom stereocenters. The number of hydrogen-bond donors (Lipinski definition) is 3. The molecule has 0 spiro atoms. The van der Waals surface area contributed by atoms with Gasteiger partial charge in [0, 0.05) is 49.2 Å². The van der Waals surface area contributed by atoms with Gasteiger partial charge in [-0.2, -0.15) is 0 Å². The van der Waals surface area contributed by atoms with Gasteiger partial charge in [0.25, 0.3) is 0 Å². The number of nitrogens with one attached hydrogen (secondary N) is 2. The van der Waals surface area contributed by atoms with E-state index in [1.165, 1.54) is 27.6 Å². The number of aliphatic carboxylic acids is 1. The predicted octanol–water partition coefficient (Wildman–Crippen LogP) is 1.61. The molecule has 1 saturated heterocycles. The van der Waals surface area contributed by atoms with Gasteiger partial charge in [-0.25, -0.2) is 4.79 Å². The number of amides is 2. The molecule has 2 aliphatic heterocycles. The number of carbonyl (C=O) groups is 3. The SMILES string of the molecule is CCN(CC)C(=O)[C@@H]1C=C2c3cccc4[nH]cc(c34)C[C@H]2N(C)C1.O=C1CCC(C(=O)O)N1.[NaH]. The number of rotatable bonds is 4. The van der Waals surface area contributed by atoms with E-state index < -0.39 is 12.0 Å². The van der Waals surface area contributed by atoms with Gasteiger partial charge in [0.1, 0.15) is 6.04 Å². The van der Waals surface area contributed by atoms with Crippen molar-refractivity contribution in [2.75, 3.05) is 26.7 Å². The molecular weight excluding hydrogens is 443 g/mol. The Morgan fingerprint density at radius 1 is 1.24 bits per heavy atom. The van der Waals surface area contributed by atoms with E-state index in [0.717, 1.165) is 26.1 Å². The fourth-order valence-corrected chi connectivity index (χ4v) is 5.17. The quantitative estimate of drug-likeness (QED) is 0.582. The van der Waals surface area contributed by atoms with Crippen LogP contribution in [-0.4, -0.2) is 106 Å². The van der Waals surface area contributed by atoms with Crippen molar-refractivity contribution < 1.29 is 19.5 Å². The number of hydrogen-bond acceptors (Lipinski definition) is 4. The molecule has 3 atom stereocenters. The van der Waals surface area contributed by atoms with E-state index in [2.05, 4.69) is 66.6 Å². The fraction of sp³-hybridized carbons (Fsp3) is 0.480. The predicted molar refractivity (Wildman–Crippen MR) is 134 cm³/mol. The van der Waals surface area contributed by atoms with E-state index in [1.54, 1.807) is 0 Å². The molecule has 3 N–H and O–H groups in total. The Labute approximate surface area is 222 Å². The maximum absolute atomic E-state index is 12.9. The summed E-state index contributed by atoms with van der Waals surface area (Å²) in [6, 6.07) is 6.18. The van der Waals surface area contributed by atoms with E-state index in [-0.39, 0.29) is 47.3 Å². The van der Waals surface area contributed by atoms with Crippen LogP contribution in [0.3, 0.4) is 0 Å². The normalized spacial score (nSPS) is 23.1. The summed E-state index contributed by atoms with van der Waals surface area (Å²) in [5.41, 5.74) is 5.21. The summed E-state index contributed by atoms with van der Waals surface area (Å²) in [7, 11) is 2.15. The summed E-state index contributed by atoms with van der Waals surface area (Å²) in [5, 5.41) is 12.0. The Balaban J connectivity index is 0.000000275. The molecule has 1 aromatic carbocycles. The molecule has 1 aliphatic carbocycles. The number of likely N-dealkylation sites (N-methyl/N-ethyl adjacent to an activating group) is 1. The van der Waals surface area contributed by atoms with Crippen LogP contribution >= 0.6 is 0 Å². The van der Waals surface area contributed by atoms with Gasteiger partial charge in [-0.1, -0.05) is 18.2 Å². The minimum atomic E-state index is -0.944. The van der Waals surface area contributed by atoms with Crippen molar-refractivity contribution in [3.8, 4) is 0 Å². The molecular formula is C25H33N4NaO4. The molecule has 0 saturated carbocycles. The second-order valence-electron chi connectivity index (χ2n) is 8.94. The third kappa shape index (κ3) is 5.10. The zero-order valence-electron chi connectivity index (χ0n) is 19.4. The van der Waals surface area contributed by atoms with Crippen molar-refractivity contribution in [2.45, 2.75) is 45.2 Å². The van der Waals surface area contributed by atoms with E-state index in [4.69, 9.17) is 5.11 Å². The Bertz CT molecular complexity index is 1110. The van der Waals surface area contributed by atoms with E-state index in [1.807, 2.05) is 4.90 Å². The first-order valence-corrected chi connectivity index (χ1v) is 11.7. The van der Waals surface area contributed by atoms with Crippen LogP contribution in [0.25, 0.3) is 16.5 Å². The standard InChI is InChI=1S/C20H25N3O.C5H7NO3.Na.H/c1-4-23(5-2)20(24)14-9-16-15-7-6-8-17-19(15)13(11-21-17)10-18(16)22(3)12-14;7-4-2-1-3(6-4)5(8)9;;/h6-9,11,14,18,21H,4-5,10,12H2,1-3H3;3H,1-2H2,(H,6,7)(H,8,9);;/t14-,18-;;;/m1.../s1. The fourth-order valence-electron chi connectivity index (χ4n) is 5.17. The second-order valence-corrected chi connectivity index (χ2v) is 8.94. The van der Waals surface area contributed by atoms with Crippen LogP contribution in [0.15, 0.2) is 30.5 Å². The van der Waals surface area contributed by atoms with Gasteiger partial charge in [0.2, 0.25) is 11.8 Å². The number of aromatic nitrogens is 1. The molecule has 1 fully saturated rings. The third-order valence-electron chi connectivity index (χ3n) is 6.95. The second kappa shape index (κ2) is 11.1. The van der Waals surface area contributed by atoms with Crippen molar-refractivity contribution in [1.82, 2.24) is 20.1 Å². The van der Waals surface area contributed by atoms with Crippen LogP contribution < -0.4 is 5.32 Å². The van der Waals surface area contributed by atoms with Gasteiger partial charge >= 0.3 is 35.5 Å². The number of fused-ring (bicyclic) bond motifs is 2. The van der Waals surface area contributed by atoms with Crippen molar-refractivity contribution in [3.05, 3.63) is 41.6 Å². The Morgan fingerprint density at radius 3 is 2.56 bits per heavy atom. The molecule has 178 valence electrons. The summed E-state index contributed by atoms with van der Waals surface area (Å²) >= 11 is 0. The summed E-state index contributed by atoms with van der Waals surface area (Å²) < 4.78 is 0. The van der Waals surface area contributed by atoms with Gasteiger partial charge < -0.3 is 20.3 Å². The van der Waals surface area contributed by atoms with Gasteiger partial charge in [-0.05, 0) is 56.5 Å². The van der Waals surface area contributed by atoms with Crippen LogP contribution in [0, 0.1) is 5.92 Å². The molecule has 5 rings (SSSR count). The first-order chi connectivity index (χ1) is 15.8. The molecule has 34 heavy (non-hydrogen) atoms. The molecule has 8 nitrogen and oxygen atoms in total. The van der Waals surface area contributed by atoms with Gasteiger partial charge in [0.05, 0.1) is 5.92 Å². The number of nitrogens with zero attached hydrogens (tertiary/aromatic N) is 2. The average molecular weight is 477 g/mol. The number of carbonyl (C=O) groups excluding carboxylic acids is 2. The van der Waals surface area contributed by atoms with Crippen molar-refractivity contribution in [1.29, 1.82) is 0 Å². The Morgan fingerprint density at radius 2 is 1.97 bits per heavy atom. The molecule has 2 aromatic rings. The monoisotopic (exact) mass is 476 g/mol. The van der Waals surface area contributed by atoms with E-state index in [0.29, 0.717) is 18.9 Å². The van der Waals surface area contributed by atoms with E-state index in [9.17, 15) is 14.4 Å². The number of benzene rings is 1. The van der Waals surface area contributed by atoms with Crippen LogP contribution in [0.1, 0.15) is 37.8 Å². The first kappa shape index (κ1) is 26.5. The molecule has 9 heteroatoms.